The second-order valence-electron chi connectivity index (χ2n) is 3.70. The summed E-state index contributed by atoms with van der Waals surface area (Å²) < 4.78 is 5.14. The zero-order chi connectivity index (χ0) is 11.4. The molecule has 0 aliphatic heterocycles. The van der Waals surface area contributed by atoms with Gasteiger partial charge >= 0.3 is 0 Å². The van der Waals surface area contributed by atoms with E-state index in [0.29, 0.717) is 11.8 Å². The van der Waals surface area contributed by atoms with Gasteiger partial charge in [0.15, 0.2) is 0 Å². The lowest BCUT2D eigenvalue weighted by Crippen LogP contribution is -2.18. The van der Waals surface area contributed by atoms with E-state index in [0.717, 1.165) is 13.0 Å². The van der Waals surface area contributed by atoms with E-state index < -0.39 is 6.10 Å². The molecular formula is C10H19N3O2. The predicted octanol–water partition coefficient (Wildman–Crippen LogP) is 1.40. The maximum absolute atomic E-state index is 9.53. The Kier molecular flexibility index (Phi) is 4.08. The Bertz CT molecular complexity index is 299. The quantitative estimate of drug-likeness (QED) is 0.801. The van der Waals surface area contributed by atoms with Crippen LogP contribution in [0, 0.1) is 0 Å². The molecule has 86 valence electrons. The van der Waals surface area contributed by atoms with E-state index >= 15 is 0 Å². The van der Waals surface area contributed by atoms with Crippen molar-refractivity contribution in [2.24, 2.45) is 0 Å². The smallest absolute Gasteiger partial charge is 0.265 e. The van der Waals surface area contributed by atoms with Crippen LogP contribution in [0.3, 0.4) is 0 Å². The summed E-state index contributed by atoms with van der Waals surface area (Å²) in [5.74, 6) is 1.02. The number of hydrogen-bond donors (Lipinski definition) is 1. The Hall–Kier alpha value is -1.10. The molecule has 0 saturated carbocycles. The van der Waals surface area contributed by atoms with Crippen molar-refractivity contribution in [1.29, 1.82) is 0 Å². The molecule has 0 fully saturated rings. The summed E-state index contributed by atoms with van der Waals surface area (Å²) in [7, 11) is 1.90. The van der Waals surface area contributed by atoms with E-state index in [1.165, 1.54) is 0 Å². The molecule has 2 atom stereocenters. The molecule has 1 rings (SSSR count). The lowest BCUT2D eigenvalue weighted by atomic mass is 10.0. The fourth-order valence-electron chi connectivity index (χ4n) is 1.40. The molecule has 0 saturated heterocycles. The number of anilines is 1. The van der Waals surface area contributed by atoms with Crippen LogP contribution in [0.2, 0.25) is 0 Å². The fraction of sp³-hybridized carbons (Fsp3) is 0.800. The van der Waals surface area contributed by atoms with Crippen LogP contribution >= 0.6 is 0 Å². The normalized spacial score (nSPS) is 15.0. The van der Waals surface area contributed by atoms with Crippen LogP contribution in [-0.4, -0.2) is 34.9 Å². The Morgan fingerprint density at radius 3 is 2.60 bits per heavy atom. The average molecular weight is 213 g/mol. The summed E-state index contributed by atoms with van der Waals surface area (Å²) in [4.78, 5) is 6.15. The van der Waals surface area contributed by atoms with Crippen molar-refractivity contribution in [3.05, 3.63) is 5.89 Å². The second kappa shape index (κ2) is 5.11. The van der Waals surface area contributed by atoms with E-state index in [4.69, 9.17) is 4.52 Å². The van der Waals surface area contributed by atoms with Gasteiger partial charge < -0.3 is 14.5 Å². The Labute approximate surface area is 90.1 Å². The molecule has 0 radical (unpaired) electrons. The molecule has 1 heterocycles. The summed E-state index contributed by atoms with van der Waals surface area (Å²) in [5, 5.41) is 13.4. The highest BCUT2D eigenvalue weighted by Crippen LogP contribution is 2.23. The molecule has 0 aliphatic rings. The third kappa shape index (κ3) is 2.68. The van der Waals surface area contributed by atoms with Gasteiger partial charge in [0.1, 0.15) is 0 Å². The van der Waals surface area contributed by atoms with Gasteiger partial charge in [0, 0.05) is 13.6 Å². The van der Waals surface area contributed by atoms with Gasteiger partial charge in [-0.05, 0) is 25.4 Å². The third-order valence-corrected chi connectivity index (χ3v) is 2.59. The first-order valence-corrected chi connectivity index (χ1v) is 5.32. The molecule has 1 aromatic rings. The van der Waals surface area contributed by atoms with E-state index in [1.54, 1.807) is 6.92 Å². The highest BCUT2D eigenvalue weighted by atomic mass is 16.5. The average Bonchev–Trinajstić information content (AvgIpc) is 2.66. The van der Waals surface area contributed by atoms with Gasteiger partial charge in [-0.15, -0.1) is 0 Å². The monoisotopic (exact) mass is 213 g/mol. The lowest BCUT2D eigenvalue weighted by molar-refractivity contribution is 0.141. The topological polar surface area (TPSA) is 62.4 Å². The highest BCUT2D eigenvalue weighted by Gasteiger charge is 2.22. The largest absolute Gasteiger partial charge is 0.393 e. The number of aliphatic hydroxyl groups excluding tert-OH is 1. The van der Waals surface area contributed by atoms with Crippen molar-refractivity contribution in [3.8, 4) is 0 Å². The van der Waals surface area contributed by atoms with E-state index in [1.807, 2.05) is 25.8 Å². The maximum Gasteiger partial charge on any atom is 0.265 e. The van der Waals surface area contributed by atoms with Crippen LogP contribution in [0.1, 0.15) is 39.0 Å². The molecule has 5 nitrogen and oxygen atoms in total. The van der Waals surface area contributed by atoms with E-state index in [-0.39, 0.29) is 5.92 Å². The first-order valence-electron chi connectivity index (χ1n) is 5.32. The van der Waals surface area contributed by atoms with Gasteiger partial charge in [-0.3, -0.25) is 0 Å². The Morgan fingerprint density at radius 1 is 1.47 bits per heavy atom. The third-order valence-electron chi connectivity index (χ3n) is 2.59. The molecule has 1 N–H and O–H groups in total. The summed E-state index contributed by atoms with van der Waals surface area (Å²) in [6.07, 6.45) is 0.324. The van der Waals surface area contributed by atoms with Gasteiger partial charge in [0.25, 0.3) is 5.95 Å². The van der Waals surface area contributed by atoms with Crippen LogP contribution in [0.15, 0.2) is 4.52 Å². The minimum atomic E-state index is -0.463. The van der Waals surface area contributed by atoms with E-state index in [2.05, 4.69) is 10.1 Å². The fourth-order valence-corrected chi connectivity index (χ4v) is 1.40. The van der Waals surface area contributed by atoms with E-state index in [9.17, 15) is 5.11 Å². The summed E-state index contributed by atoms with van der Waals surface area (Å²) in [6, 6.07) is 0. The van der Waals surface area contributed by atoms with Crippen LogP contribution in [0.25, 0.3) is 0 Å². The lowest BCUT2D eigenvalue weighted by Gasteiger charge is -2.13. The molecule has 1 aromatic heterocycles. The summed E-state index contributed by atoms with van der Waals surface area (Å²) >= 11 is 0. The molecule has 0 amide bonds. The summed E-state index contributed by atoms with van der Waals surface area (Å²) in [5.41, 5.74) is 0. The zero-order valence-electron chi connectivity index (χ0n) is 9.77. The SMILES string of the molecule is CCC(c1nc(N(C)CC)no1)C(C)O. The minimum absolute atomic E-state index is 0.0727. The molecular weight excluding hydrogens is 194 g/mol. The van der Waals surface area contributed by atoms with Crippen LogP contribution < -0.4 is 4.90 Å². The van der Waals surface area contributed by atoms with Gasteiger partial charge in [-0.1, -0.05) is 6.92 Å². The van der Waals surface area contributed by atoms with Crippen molar-refractivity contribution in [3.63, 3.8) is 0 Å². The van der Waals surface area contributed by atoms with Crippen LogP contribution in [-0.2, 0) is 0 Å². The molecule has 5 heteroatoms. The van der Waals surface area contributed by atoms with Gasteiger partial charge in [0.2, 0.25) is 5.89 Å². The number of rotatable bonds is 5. The minimum Gasteiger partial charge on any atom is -0.393 e. The molecule has 0 spiro atoms. The molecule has 0 aliphatic carbocycles. The van der Waals surface area contributed by atoms with Crippen molar-refractivity contribution in [2.75, 3.05) is 18.5 Å². The predicted molar refractivity (Wildman–Crippen MR) is 58.0 cm³/mol. The first-order chi connectivity index (χ1) is 7.10. The molecule has 0 bridgehead atoms. The number of hydrogen-bond acceptors (Lipinski definition) is 5. The van der Waals surface area contributed by atoms with Crippen molar-refractivity contribution >= 4 is 5.95 Å². The zero-order valence-corrected chi connectivity index (χ0v) is 9.77. The van der Waals surface area contributed by atoms with Gasteiger partial charge in [-0.25, -0.2) is 0 Å². The van der Waals surface area contributed by atoms with Crippen LogP contribution in [0.5, 0.6) is 0 Å². The van der Waals surface area contributed by atoms with Gasteiger partial charge in [0.05, 0.1) is 12.0 Å². The molecule has 2 unspecified atom stereocenters. The standard InChI is InChI=1S/C10H19N3O2/c1-5-8(7(3)14)9-11-10(12-15-9)13(4)6-2/h7-8,14H,5-6H2,1-4H3. The number of nitrogens with zero attached hydrogens (tertiary/aromatic N) is 3. The highest BCUT2D eigenvalue weighted by molar-refractivity contribution is 5.25. The van der Waals surface area contributed by atoms with Crippen molar-refractivity contribution in [1.82, 2.24) is 10.1 Å². The van der Waals surface area contributed by atoms with Gasteiger partial charge in [-0.2, -0.15) is 4.98 Å². The second-order valence-corrected chi connectivity index (χ2v) is 3.70. The number of aliphatic hydroxyl groups is 1. The van der Waals surface area contributed by atoms with Crippen molar-refractivity contribution in [2.45, 2.75) is 39.2 Å². The summed E-state index contributed by atoms with van der Waals surface area (Å²) in [6.45, 7) is 6.57. The molecule has 0 aromatic carbocycles. The molecule has 15 heavy (non-hydrogen) atoms. The first kappa shape index (κ1) is 12.0. The van der Waals surface area contributed by atoms with Crippen molar-refractivity contribution < 1.29 is 9.63 Å². The Morgan fingerprint density at radius 2 is 2.13 bits per heavy atom. The maximum atomic E-state index is 9.53. The Balaban J connectivity index is 2.82. The number of aromatic nitrogens is 2. The van der Waals surface area contributed by atoms with Crippen LogP contribution in [0.4, 0.5) is 5.95 Å².